The number of hydrogen-bond acceptors (Lipinski definition) is 4. The van der Waals surface area contributed by atoms with E-state index in [4.69, 9.17) is 4.74 Å². The van der Waals surface area contributed by atoms with Gasteiger partial charge in [0.1, 0.15) is 5.75 Å². The van der Waals surface area contributed by atoms with Crippen LogP contribution in [0.15, 0.2) is 30.5 Å². The van der Waals surface area contributed by atoms with Crippen LogP contribution in [0.5, 0.6) is 5.75 Å². The molecular formula is C18H23N3O3S. The lowest BCUT2D eigenvalue weighted by atomic mass is 10.1. The number of benzene rings is 1. The van der Waals surface area contributed by atoms with Crippen LogP contribution in [-0.4, -0.2) is 40.9 Å². The fourth-order valence-electron chi connectivity index (χ4n) is 3.29. The number of rotatable bonds is 7. The van der Waals surface area contributed by atoms with Gasteiger partial charge in [-0.2, -0.15) is 9.40 Å². The summed E-state index contributed by atoms with van der Waals surface area (Å²) >= 11 is 0. The summed E-state index contributed by atoms with van der Waals surface area (Å²) in [6, 6.07) is 8.04. The molecule has 1 aliphatic carbocycles. The zero-order chi connectivity index (χ0) is 17.4. The maximum atomic E-state index is 12.9. The number of ether oxygens (including phenoxy) is 1. The average molecular weight is 361 g/mol. The summed E-state index contributed by atoms with van der Waals surface area (Å²) in [5.41, 5.74) is 3.16. The summed E-state index contributed by atoms with van der Waals surface area (Å²) in [4.78, 5) is 0. The van der Waals surface area contributed by atoms with Crippen LogP contribution in [0.4, 0.5) is 0 Å². The Morgan fingerprint density at radius 1 is 1.32 bits per heavy atom. The van der Waals surface area contributed by atoms with E-state index in [0.717, 1.165) is 42.9 Å². The van der Waals surface area contributed by atoms with Crippen molar-refractivity contribution in [1.82, 2.24) is 14.1 Å². The van der Waals surface area contributed by atoms with E-state index >= 15 is 0 Å². The molecule has 1 aromatic heterocycles. The normalized spacial score (nSPS) is 16.9. The van der Waals surface area contributed by atoms with E-state index in [1.165, 1.54) is 5.56 Å². The smallest absolute Gasteiger partial charge is 0.215 e. The van der Waals surface area contributed by atoms with Crippen LogP contribution in [0.3, 0.4) is 0 Å². The molecule has 0 spiro atoms. The van der Waals surface area contributed by atoms with E-state index in [1.54, 1.807) is 15.2 Å². The van der Waals surface area contributed by atoms with E-state index in [0.29, 0.717) is 13.0 Å². The second kappa shape index (κ2) is 6.46. The molecule has 2 heterocycles. The van der Waals surface area contributed by atoms with Crippen molar-refractivity contribution in [2.24, 2.45) is 7.05 Å². The van der Waals surface area contributed by atoms with Gasteiger partial charge in [0.05, 0.1) is 24.6 Å². The topological polar surface area (TPSA) is 64.4 Å². The molecule has 6 nitrogen and oxygen atoms in total. The average Bonchev–Trinajstić information content (AvgIpc) is 3.17. The van der Waals surface area contributed by atoms with Gasteiger partial charge in [-0.3, -0.25) is 4.68 Å². The molecule has 0 radical (unpaired) electrons. The molecule has 0 atom stereocenters. The van der Waals surface area contributed by atoms with Crippen molar-refractivity contribution in [2.45, 2.75) is 38.3 Å². The van der Waals surface area contributed by atoms with Crippen molar-refractivity contribution in [1.29, 1.82) is 0 Å². The Hall–Kier alpha value is -1.86. The first-order chi connectivity index (χ1) is 12.0. The zero-order valence-electron chi connectivity index (χ0n) is 14.4. The van der Waals surface area contributed by atoms with Crippen LogP contribution in [0, 0.1) is 0 Å². The first-order valence-corrected chi connectivity index (χ1v) is 10.3. The molecule has 2 aromatic rings. The second-order valence-electron chi connectivity index (χ2n) is 6.83. The molecule has 1 fully saturated rings. The fraction of sp³-hybridized carbons (Fsp3) is 0.500. The highest BCUT2D eigenvalue weighted by Crippen LogP contribution is 2.31. The van der Waals surface area contributed by atoms with Crippen LogP contribution in [0.2, 0.25) is 0 Å². The van der Waals surface area contributed by atoms with Gasteiger partial charge < -0.3 is 4.74 Å². The van der Waals surface area contributed by atoms with Gasteiger partial charge >= 0.3 is 0 Å². The van der Waals surface area contributed by atoms with Crippen molar-refractivity contribution >= 4 is 10.0 Å². The highest BCUT2D eigenvalue weighted by molar-refractivity contribution is 7.89. The Labute approximate surface area is 148 Å². The van der Waals surface area contributed by atoms with Crippen LogP contribution in [0.1, 0.15) is 29.7 Å². The van der Waals surface area contributed by atoms with Gasteiger partial charge in [0.2, 0.25) is 10.0 Å². The Kier molecular flexibility index (Phi) is 4.29. The number of aromatic nitrogens is 2. The van der Waals surface area contributed by atoms with Gasteiger partial charge in [-0.05, 0) is 42.5 Å². The summed E-state index contributed by atoms with van der Waals surface area (Å²) < 4.78 is 34.8. The van der Waals surface area contributed by atoms with Gasteiger partial charge in [-0.1, -0.05) is 12.1 Å². The second-order valence-corrected chi connectivity index (χ2v) is 8.87. The molecule has 134 valence electrons. The van der Waals surface area contributed by atoms with Gasteiger partial charge in [-0.25, -0.2) is 8.42 Å². The van der Waals surface area contributed by atoms with Gasteiger partial charge in [0.25, 0.3) is 0 Å². The summed E-state index contributed by atoms with van der Waals surface area (Å²) in [6.07, 6.45) is 5.05. The number of fused-ring (bicyclic) bond motifs is 1. The monoisotopic (exact) mass is 361 g/mol. The third kappa shape index (κ3) is 3.57. The van der Waals surface area contributed by atoms with Crippen molar-refractivity contribution in [3.05, 3.63) is 47.3 Å². The highest BCUT2D eigenvalue weighted by Gasteiger charge is 2.37. The first kappa shape index (κ1) is 16.6. The molecule has 0 unspecified atom stereocenters. The molecule has 1 aromatic carbocycles. The van der Waals surface area contributed by atoms with Crippen molar-refractivity contribution in [3.8, 4) is 5.75 Å². The summed E-state index contributed by atoms with van der Waals surface area (Å²) in [5, 5.41) is 4.14. The highest BCUT2D eigenvalue weighted by atomic mass is 32.2. The van der Waals surface area contributed by atoms with Crippen LogP contribution >= 0.6 is 0 Å². The summed E-state index contributed by atoms with van der Waals surface area (Å²) in [7, 11) is -1.46. The number of hydrogen-bond donors (Lipinski definition) is 0. The van der Waals surface area contributed by atoms with Crippen molar-refractivity contribution in [3.63, 3.8) is 0 Å². The lowest BCUT2D eigenvalue weighted by molar-refractivity contribution is 0.357. The first-order valence-electron chi connectivity index (χ1n) is 8.74. The minimum Gasteiger partial charge on any atom is -0.493 e. The molecule has 2 aliphatic rings. The minimum atomic E-state index is -3.30. The number of sulfonamides is 1. The summed E-state index contributed by atoms with van der Waals surface area (Å²) in [6.45, 7) is 1.12. The van der Waals surface area contributed by atoms with Crippen molar-refractivity contribution < 1.29 is 13.2 Å². The predicted molar refractivity (Wildman–Crippen MR) is 94.9 cm³/mol. The minimum absolute atomic E-state index is 0.140. The Balaban J connectivity index is 1.46. The fourth-order valence-corrected chi connectivity index (χ4v) is 5.01. The molecule has 4 rings (SSSR count). The van der Waals surface area contributed by atoms with Gasteiger partial charge in [0, 0.05) is 25.7 Å². The Morgan fingerprint density at radius 2 is 2.16 bits per heavy atom. The summed E-state index contributed by atoms with van der Waals surface area (Å²) in [5.74, 6) is 1.07. The third-order valence-corrected chi connectivity index (χ3v) is 6.82. The molecule has 0 N–H and O–H groups in total. The van der Waals surface area contributed by atoms with Crippen LogP contribution < -0.4 is 4.74 Å². The maximum absolute atomic E-state index is 12.9. The molecule has 7 heteroatoms. The lowest BCUT2D eigenvalue weighted by Gasteiger charge is -2.22. The molecule has 25 heavy (non-hydrogen) atoms. The quantitative estimate of drug-likeness (QED) is 0.755. The van der Waals surface area contributed by atoms with Crippen LogP contribution in [-0.2, 0) is 36.5 Å². The molecule has 0 saturated heterocycles. The molecule has 0 bridgehead atoms. The van der Waals surface area contributed by atoms with Gasteiger partial charge in [-0.15, -0.1) is 0 Å². The van der Waals surface area contributed by atoms with Crippen molar-refractivity contribution in [2.75, 3.05) is 12.4 Å². The Morgan fingerprint density at radius 3 is 2.88 bits per heavy atom. The van der Waals surface area contributed by atoms with E-state index in [-0.39, 0.29) is 11.8 Å². The number of nitrogens with zero attached hydrogens (tertiary/aromatic N) is 3. The predicted octanol–water partition coefficient (Wildman–Crippen LogP) is 1.89. The zero-order valence-corrected chi connectivity index (χ0v) is 15.2. The standard InChI is InChI=1S/C18H23N3O3S/c1-20-17(6-9-19-20)13-21(16-3-4-16)25(22,23)11-8-14-2-5-18-15(12-14)7-10-24-18/h2,5-6,9,12,16H,3-4,7-8,10-11,13H2,1H3. The third-order valence-electron chi connectivity index (χ3n) is 4.95. The van der Waals surface area contributed by atoms with E-state index in [2.05, 4.69) is 11.2 Å². The molecule has 0 amide bonds. The lowest BCUT2D eigenvalue weighted by Crippen LogP contribution is -2.35. The number of aryl methyl sites for hydroxylation is 2. The van der Waals surface area contributed by atoms with E-state index in [1.807, 2.05) is 25.2 Å². The Bertz CT molecular complexity index is 871. The molecule has 1 saturated carbocycles. The maximum Gasteiger partial charge on any atom is 0.215 e. The molecule has 1 aliphatic heterocycles. The van der Waals surface area contributed by atoms with Crippen LogP contribution in [0.25, 0.3) is 0 Å². The van der Waals surface area contributed by atoms with E-state index in [9.17, 15) is 8.42 Å². The van der Waals surface area contributed by atoms with E-state index < -0.39 is 10.0 Å². The molecular weight excluding hydrogens is 338 g/mol. The van der Waals surface area contributed by atoms with Gasteiger partial charge in [0.15, 0.2) is 0 Å². The largest absolute Gasteiger partial charge is 0.493 e. The SMILES string of the molecule is Cn1nccc1CN(C1CC1)S(=O)(=O)CCc1ccc2c(c1)CCO2.